The van der Waals surface area contributed by atoms with Crippen LogP contribution in [0.3, 0.4) is 0 Å². The van der Waals surface area contributed by atoms with Crippen LogP contribution in [0.1, 0.15) is 27.3 Å². The Kier molecular flexibility index (Phi) is 6.50. The maximum atomic E-state index is 13.1. The molecule has 0 bridgehead atoms. The van der Waals surface area contributed by atoms with E-state index in [4.69, 9.17) is 9.72 Å². The highest BCUT2D eigenvalue weighted by Gasteiger charge is 2.12. The first-order valence-corrected chi connectivity index (χ1v) is 10.7. The molecular formula is C26H26FN3O2. The average Bonchev–Trinajstić information content (AvgIpc) is 3.11. The molecule has 6 heteroatoms. The summed E-state index contributed by atoms with van der Waals surface area (Å²) in [5, 5.41) is 2.89. The standard InChI is InChI=1S/C26H26FN3O2/c1-18-15-19(2)17-22(16-18)32-14-13-30-24-6-4-3-5-23(24)29-25(30)11-12-28-26(31)20-7-9-21(27)10-8-20/h3-10,15-17H,11-14H2,1-2H3,(H,28,31). The molecule has 3 aromatic carbocycles. The van der Waals surface area contributed by atoms with Gasteiger partial charge >= 0.3 is 0 Å². The van der Waals surface area contributed by atoms with E-state index >= 15 is 0 Å². The number of carbonyl (C=O) groups is 1. The lowest BCUT2D eigenvalue weighted by molar-refractivity contribution is 0.0954. The molecule has 4 rings (SSSR count). The number of nitrogens with zero attached hydrogens (tertiary/aromatic N) is 2. The van der Waals surface area contributed by atoms with Crippen molar-refractivity contribution in [2.24, 2.45) is 0 Å². The van der Waals surface area contributed by atoms with Gasteiger partial charge in [-0.1, -0.05) is 18.2 Å². The summed E-state index contributed by atoms with van der Waals surface area (Å²) in [4.78, 5) is 17.1. The van der Waals surface area contributed by atoms with Gasteiger partial charge in [0.15, 0.2) is 0 Å². The zero-order valence-electron chi connectivity index (χ0n) is 18.3. The number of imidazole rings is 1. The highest BCUT2D eigenvalue weighted by Crippen LogP contribution is 2.19. The normalized spacial score (nSPS) is 11.0. The van der Waals surface area contributed by atoms with E-state index in [1.54, 1.807) is 0 Å². The predicted molar refractivity (Wildman–Crippen MR) is 124 cm³/mol. The Morgan fingerprint density at radius 1 is 1.03 bits per heavy atom. The lowest BCUT2D eigenvalue weighted by Gasteiger charge is -2.12. The Hall–Kier alpha value is -3.67. The molecule has 0 spiro atoms. The van der Waals surface area contributed by atoms with Gasteiger partial charge < -0.3 is 14.6 Å². The molecule has 1 aromatic heterocycles. The molecule has 5 nitrogen and oxygen atoms in total. The molecule has 1 heterocycles. The van der Waals surface area contributed by atoms with Gasteiger partial charge in [0, 0.05) is 18.5 Å². The number of ether oxygens (including phenoxy) is 1. The molecule has 0 saturated carbocycles. The quantitative estimate of drug-likeness (QED) is 0.434. The van der Waals surface area contributed by atoms with E-state index < -0.39 is 0 Å². The van der Waals surface area contributed by atoms with Crippen LogP contribution in [0, 0.1) is 19.7 Å². The van der Waals surface area contributed by atoms with Crippen LogP contribution in [-0.2, 0) is 13.0 Å². The van der Waals surface area contributed by atoms with Crippen molar-refractivity contribution in [3.8, 4) is 5.75 Å². The molecule has 0 aliphatic carbocycles. The maximum absolute atomic E-state index is 13.1. The number of para-hydroxylation sites is 2. The summed E-state index contributed by atoms with van der Waals surface area (Å²) in [5.41, 5.74) is 4.73. The average molecular weight is 432 g/mol. The highest BCUT2D eigenvalue weighted by atomic mass is 19.1. The van der Waals surface area contributed by atoms with Crippen LogP contribution >= 0.6 is 0 Å². The number of hydrogen-bond donors (Lipinski definition) is 1. The van der Waals surface area contributed by atoms with Crippen molar-refractivity contribution in [3.63, 3.8) is 0 Å². The molecule has 1 amide bonds. The minimum atomic E-state index is -0.363. The van der Waals surface area contributed by atoms with Gasteiger partial charge in [0.05, 0.1) is 17.6 Å². The number of hydrogen-bond acceptors (Lipinski definition) is 3. The highest BCUT2D eigenvalue weighted by molar-refractivity contribution is 5.94. The fourth-order valence-corrected chi connectivity index (χ4v) is 3.83. The van der Waals surface area contributed by atoms with Gasteiger partial charge in [-0.15, -0.1) is 0 Å². The second-order valence-electron chi connectivity index (χ2n) is 7.85. The summed E-state index contributed by atoms with van der Waals surface area (Å²) >= 11 is 0. The Morgan fingerprint density at radius 2 is 1.75 bits per heavy atom. The number of rotatable bonds is 8. The van der Waals surface area contributed by atoms with E-state index in [0.717, 1.165) is 22.6 Å². The molecule has 0 fully saturated rings. The van der Waals surface area contributed by atoms with Gasteiger partial charge in [0.1, 0.15) is 24.0 Å². The van der Waals surface area contributed by atoms with E-state index in [1.165, 1.54) is 35.4 Å². The first-order valence-electron chi connectivity index (χ1n) is 10.7. The summed E-state index contributed by atoms with van der Waals surface area (Å²) < 4.78 is 21.2. The fraction of sp³-hybridized carbons (Fsp3) is 0.231. The lowest BCUT2D eigenvalue weighted by atomic mass is 10.1. The summed E-state index contributed by atoms with van der Waals surface area (Å²) in [6, 6.07) is 19.7. The molecule has 1 N–H and O–H groups in total. The van der Waals surface area contributed by atoms with Crippen LogP contribution in [0.4, 0.5) is 4.39 Å². The topological polar surface area (TPSA) is 56.1 Å². The predicted octanol–water partition coefficient (Wildman–Crippen LogP) is 4.84. The molecule has 32 heavy (non-hydrogen) atoms. The number of fused-ring (bicyclic) bond motifs is 1. The van der Waals surface area contributed by atoms with Gasteiger partial charge in [0.25, 0.3) is 5.91 Å². The number of halogens is 1. The Labute approximate surface area is 186 Å². The van der Waals surface area contributed by atoms with Gasteiger partial charge in [0.2, 0.25) is 0 Å². The monoisotopic (exact) mass is 431 g/mol. The van der Waals surface area contributed by atoms with Crippen LogP contribution in [0.25, 0.3) is 11.0 Å². The molecule has 0 saturated heterocycles. The van der Waals surface area contributed by atoms with E-state index in [0.29, 0.717) is 31.7 Å². The zero-order valence-corrected chi connectivity index (χ0v) is 18.3. The summed E-state index contributed by atoms with van der Waals surface area (Å²) in [5.74, 6) is 1.15. The minimum absolute atomic E-state index is 0.231. The van der Waals surface area contributed by atoms with E-state index in [9.17, 15) is 9.18 Å². The molecule has 164 valence electrons. The third-order valence-corrected chi connectivity index (χ3v) is 5.25. The largest absolute Gasteiger partial charge is 0.492 e. The zero-order chi connectivity index (χ0) is 22.5. The molecule has 0 unspecified atom stereocenters. The molecule has 0 radical (unpaired) electrons. The molecule has 0 aliphatic rings. The van der Waals surface area contributed by atoms with Crippen molar-refractivity contribution in [2.75, 3.05) is 13.2 Å². The van der Waals surface area contributed by atoms with Gasteiger partial charge in [-0.25, -0.2) is 9.37 Å². The van der Waals surface area contributed by atoms with Gasteiger partial charge in [-0.05, 0) is 73.5 Å². The summed E-state index contributed by atoms with van der Waals surface area (Å²) in [6.45, 7) is 5.70. The van der Waals surface area contributed by atoms with Crippen LogP contribution in [0.5, 0.6) is 5.75 Å². The fourth-order valence-electron chi connectivity index (χ4n) is 3.83. The van der Waals surface area contributed by atoms with Crippen LogP contribution in [0.15, 0.2) is 66.7 Å². The summed E-state index contributed by atoms with van der Waals surface area (Å²) in [6.07, 6.45) is 0.575. The number of nitrogens with one attached hydrogen (secondary N) is 1. The minimum Gasteiger partial charge on any atom is -0.492 e. The van der Waals surface area contributed by atoms with Crippen molar-refractivity contribution in [3.05, 3.63) is 95.1 Å². The smallest absolute Gasteiger partial charge is 0.251 e. The number of amides is 1. The van der Waals surface area contributed by atoms with Gasteiger partial charge in [-0.3, -0.25) is 4.79 Å². The lowest BCUT2D eigenvalue weighted by Crippen LogP contribution is -2.26. The number of aryl methyl sites for hydroxylation is 2. The van der Waals surface area contributed by atoms with Crippen LogP contribution in [-0.4, -0.2) is 28.6 Å². The third kappa shape index (κ3) is 5.14. The Balaban J connectivity index is 1.42. The maximum Gasteiger partial charge on any atom is 0.251 e. The van der Waals surface area contributed by atoms with E-state index in [2.05, 4.69) is 29.8 Å². The Morgan fingerprint density at radius 3 is 2.50 bits per heavy atom. The van der Waals surface area contributed by atoms with Crippen molar-refractivity contribution in [1.29, 1.82) is 0 Å². The molecule has 0 atom stereocenters. The second-order valence-corrected chi connectivity index (χ2v) is 7.85. The van der Waals surface area contributed by atoms with E-state index in [1.807, 2.05) is 36.4 Å². The Bertz CT molecular complexity index is 1210. The SMILES string of the molecule is Cc1cc(C)cc(OCCn2c(CCNC(=O)c3ccc(F)cc3)nc3ccccc32)c1. The van der Waals surface area contributed by atoms with Crippen molar-refractivity contribution in [2.45, 2.75) is 26.8 Å². The molecular weight excluding hydrogens is 405 g/mol. The molecule has 4 aromatic rings. The summed E-state index contributed by atoms with van der Waals surface area (Å²) in [7, 11) is 0. The first-order chi connectivity index (χ1) is 15.5. The second kappa shape index (κ2) is 9.64. The van der Waals surface area contributed by atoms with Crippen molar-refractivity contribution in [1.82, 2.24) is 14.9 Å². The number of benzene rings is 3. The number of aromatic nitrogens is 2. The van der Waals surface area contributed by atoms with Crippen molar-refractivity contribution < 1.29 is 13.9 Å². The molecule has 0 aliphatic heterocycles. The number of carbonyl (C=O) groups excluding carboxylic acids is 1. The van der Waals surface area contributed by atoms with E-state index in [-0.39, 0.29) is 11.7 Å². The van der Waals surface area contributed by atoms with Crippen molar-refractivity contribution >= 4 is 16.9 Å². The van der Waals surface area contributed by atoms with Crippen LogP contribution < -0.4 is 10.1 Å². The third-order valence-electron chi connectivity index (χ3n) is 5.25. The van der Waals surface area contributed by atoms with Gasteiger partial charge in [-0.2, -0.15) is 0 Å². The first kappa shape index (κ1) is 21.6. The van der Waals surface area contributed by atoms with Crippen LogP contribution in [0.2, 0.25) is 0 Å².